The van der Waals surface area contributed by atoms with Crippen LogP contribution in [0.3, 0.4) is 0 Å². The number of fused-ring (bicyclic) bond motifs is 1. The molecule has 1 aromatic carbocycles. The molecule has 2 saturated heterocycles. The summed E-state index contributed by atoms with van der Waals surface area (Å²) in [6.45, 7) is 3.47. The minimum absolute atomic E-state index is 0.388. The van der Waals surface area contributed by atoms with Gasteiger partial charge in [0, 0.05) is 0 Å². The van der Waals surface area contributed by atoms with Crippen LogP contribution in [0.25, 0.3) is 0 Å². The van der Waals surface area contributed by atoms with Crippen molar-refractivity contribution in [1.29, 1.82) is 0 Å². The standard InChI is InChI=1S/C17H22GeN2O7S/c1-17(2)13(16(23)24)20-14(22)12(15(20)28-17)19-11(21)8-10(18(25,26)27)9-6-4-3-5-7-9/h3-7,10,12-13,15,25-27H,8H2,1-2H3,(H,19,21)(H,23,24)/t10?,12-,13+,15-/m1/s1. The third kappa shape index (κ3) is 3.79. The van der Waals surface area contributed by atoms with E-state index < -0.39 is 59.0 Å². The zero-order chi connectivity index (χ0) is 20.9. The monoisotopic (exact) mass is 472 g/mol. The van der Waals surface area contributed by atoms with Crippen molar-refractivity contribution in [1.82, 2.24) is 10.2 Å². The molecule has 3 rings (SSSR count). The molecule has 2 heterocycles. The first-order chi connectivity index (χ1) is 12.9. The van der Waals surface area contributed by atoms with Crippen LogP contribution < -0.4 is 5.32 Å². The van der Waals surface area contributed by atoms with Crippen LogP contribution >= 0.6 is 11.8 Å². The van der Waals surface area contributed by atoms with Gasteiger partial charge in [0.15, 0.2) is 0 Å². The summed E-state index contributed by atoms with van der Waals surface area (Å²) in [6, 6.07) is 6.36. The number of carboxylic acids is 1. The number of carbonyl (C=O) groups excluding carboxylic acids is 2. The number of carboxylic acid groups (broad SMARTS) is 1. The molecule has 4 atom stereocenters. The van der Waals surface area contributed by atoms with Gasteiger partial charge in [0.25, 0.3) is 0 Å². The number of carbonyl (C=O) groups is 3. The molecule has 2 amide bonds. The quantitative estimate of drug-likeness (QED) is 0.269. The van der Waals surface area contributed by atoms with E-state index in [0.29, 0.717) is 5.56 Å². The van der Waals surface area contributed by atoms with Gasteiger partial charge >= 0.3 is 169 Å². The van der Waals surface area contributed by atoms with Gasteiger partial charge in [0.2, 0.25) is 0 Å². The minimum atomic E-state index is -5.21. The summed E-state index contributed by atoms with van der Waals surface area (Å²) in [4.78, 5) is 37.7. The fourth-order valence-electron chi connectivity index (χ4n) is 3.73. The molecule has 0 aliphatic carbocycles. The third-order valence-corrected chi connectivity index (χ3v) is 9.71. The number of thioether (sulfide) groups is 1. The second-order valence-electron chi connectivity index (χ2n) is 7.50. The fraction of sp³-hybridized carbons (Fsp3) is 0.471. The first kappa shape index (κ1) is 21.1. The van der Waals surface area contributed by atoms with E-state index in [0.717, 1.165) is 0 Å². The SMILES string of the molecule is CC1(C)S[C@@H]2[C@H](NC(=O)C[CH](c3ccccc3)[Ge]([OH])([OH])[OH])C(=O)N2[C@H]1C(=O)O. The van der Waals surface area contributed by atoms with Gasteiger partial charge in [-0.1, -0.05) is 0 Å². The Kier molecular flexibility index (Phi) is 5.54. The van der Waals surface area contributed by atoms with Crippen molar-refractivity contribution in [3.8, 4) is 0 Å². The molecule has 0 bridgehead atoms. The van der Waals surface area contributed by atoms with Crippen LogP contribution in [0.5, 0.6) is 0 Å². The van der Waals surface area contributed by atoms with Crippen molar-refractivity contribution < 1.29 is 31.9 Å². The summed E-state index contributed by atoms with van der Waals surface area (Å²) >= 11 is -3.90. The number of nitrogens with one attached hydrogen (secondary N) is 1. The summed E-state index contributed by atoms with van der Waals surface area (Å²) in [6.07, 6.45) is -0.388. The van der Waals surface area contributed by atoms with Gasteiger partial charge in [-0.15, -0.1) is 0 Å². The third-order valence-electron chi connectivity index (χ3n) is 5.05. The number of β-lactam (4-membered cyclic amide) rings is 1. The van der Waals surface area contributed by atoms with Crippen molar-refractivity contribution in [2.24, 2.45) is 0 Å². The van der Waals surface area contributed by atoms with Gasteiger partial charge in [-0.2, -0.15) is 0 Å². The number of nitrogens with zero attached hydrogens (tertiary/aromatic N) is 1. The number of benzene rings is 1. The van der Waals surface area contributed by atoms with Gasteiger partial charge < -0.3 is 0 Å². The number of hydrogen-bond acceptors (Lipinski definition) is 7. The van der Waals surface area contributed by atoms with E-state index in [-0.39, 0.29) is 6.42 Å². The van der Waals surface area contributed by atoms with Crippen LogP contribution in [0.15, 0.2) is 30.3 Å². The average molecular weight is 471 g/mol. The molecule has 1 aromatic rings. The van der Waals surface area contributed by atoms with Gasteiger partial charge in [-0.25, -0.2) is 0 Å². The van der Waals surface area contributed by atoms with E-state index in [1.165, 1.54) is 16.7 Å². The molecule has 0 spiro atoms. The van der Waals surface area contributed by atoms with E-state index in [4.69, 9.17) is 0 Å². The predicted molar refractivity (Wildman–Crippen MR) is 102 cm³/mol. The van der Waals surface area contributed by atoms with Crippen LogP contribution in [0.1, 0.15) is 30.6 Å². The summed E-state index contributed by atoms with van der Waals surface area (Å²) in [7, 11) is 0. The predicted octanol–water partition coefficient (Wildman–Crippen LogP) is -0.753. The van der Waals surface area contributed by atoms with Crippen LogP contribution in [-0.4, -0.2) is 76.7 Å². The molecule has 9 nitrogen and oxygen atoms in total. The van der Waals surface area contributed by atoms with Gasteiger partial charge in [0.1, 0.15) is 0 Å². The Labute approximate surface area is 169 Å². The Morgan fingerprint density at radius 3 is 2.39 bits per heavy atom. The molecule has 2 fully saturated rings. The molecule has 2 aliphatic heterocycles. The number of aliphatic carboxylic acids is 1. The van der Waals surface area contributed by atoms with E-state index in [2.05, 4.69) is 5.32 Å². The molecule has 0 radical (unpaired) electrons. The van der Waals surface area contributed by atoms with E-state index in [1.54, 1.807) is 44.2 Å². The van der Waals surface area contributed by atoms with Crippen molar-refractivity contribution >= 4 is 43.8 Å². The summed E-state index contributed by atoms with van der Waals surface area (Å²) in [5, 5.41) is 11.5. The Hall–Kier alpha value is -1.60. The second kappa shape index (κ2) is 7.34. The van der Waals surface area contributed by atoms with Crippen LogP contribution in [0.2, 0.25) is 0 Å². The number of rotatable bonds is 6. The van der Waals surface area contributed by atoms with Crippen LogP contribution in [-0.2, 0) is 14.4 Å². The Balaban J connectivity index is 1.70. The normalized spacial score (nSPS) is 27.0. The summed E-state index contributed by atoms with van der Waals surface area (Å²) in [5.41, 5.74) is 0.425. The van der Waals surface area contributed by atoms with Crippen molar-refractivity contribution in [3.63, 3.8) is 0 Å². The average Bonchev–Trinajstić information content (AvgIpc) is 2.85. The molecule has 1 unspecified atom stereocenters. The Bertz CT molecular complexity index is 798. The van der Waals surface area contributed by atoms with Gasteiger partial charge in [-0.05, 0) is 0 Å². The first-order valence-electron chi connectivity index (χ1n) is 8.67. The Morgan fingerprint density at radius 1 is 1.25 bits per heavy atom. The van der Waals surface area contributed by atoms with E-state index in [9.17, 15) is 31.9 Å². The van der Waals surface area contributed by atoms with Crippen LogP contribution in [0.4, 0.5) is 0 Å². The topological polar surface area (TPSA) is 147 Å². The van der Waals surface area contributed by atoms with Gasteiger partial charge in [0.05, 0.1) is 0 Å². The summed E-state index contributed by atoms with van der Waals surface area (Å²) in [5.74, 6) is -2.19. The maximum absolute atomic E-state index is 12.5. The van der Waals surface area contributed by atoms with Crippen LogP contribution in [0, 0.1) is 0 Å². The van der Waals surface area contributed by atoms with E-state index in [1.807, 2.05) is 0 Å². The van der Waals surface area contributed by atoms with Crippen molar-refractivity contribution in [3.05, 3.63) is 35.9 Å². The van der Waals surface area contributed by atoms with Gasteiger partial charge in [-0.3, -0.25) is 0 Å². The van der Waals surface area contributed by atoms with E-state index >= 15 is 0 Å². The first-order valence-corrected chi connectivity index (χ1v) is 13.6. The fourth-order valence-corrected chi connectivity index (χ4v) is 7.66. The number of amides is 2. The molecule has 28 heavy (non-hydrogen) atoms. The molecule has 11 heteroatoms. The summed E-state index contributed by atoms with van der Waals surface area (Å²) < 4.78 is 27.6. The zero-order valence-electron chi connectivity index (χ0n) is 15.3. The maximum atomic E-state index is 12.5. The molecule has 0 aromatic heterocycles. The molecule has 0 saturated carbocycles. The van der Waals surface area contributed by atoms with Crippen molar-refractivity contribution in [2.45, 2.75) is 47.2 Å². The zero-order valence-corrected chi connectivity index (χ0v) is 18.2. The molecular formula is C17H22GeN2O7S. The molecule has 5 N–H and O–H groups in total. The van der Waals surface area contributed by atoms with Crippen molar-refractivity contribution in [2.75, 3.05) is 0 Å². The molecule has 152 valence electrons. The molecule has 2 aliphatic rings. The second-order valence-corrected chi connectivity index (χ2v) is 13.6. The Morgan fingerprint density at radius 2 is 1.86 bits per heavy atom. The number of hydrogen-bond donors (Lipinski definition) is 5. The molecular weight excluding hydrogens is 449 g/mol.